The van der Waals surface area contributed by atoms with Gasteiger partial charge in [-0.15, -0.1) is 0 Å². The number of hydrogen-bond acceptors (Lipinski definition) is 3. The lowest BCUT2D eigenvalue weighted by Crippen LogP contribution is -2.30. The molecule has 1 aromatic heterocycles. The van der Waals surface area contributed by atoms with Crippen LogP contribution in [0.15, 0.2) is 34.8 Å². The molecular weight excluding hydrogens is 384 g/mol. The fourth-order valence-electron chi connectivity index (χ4n) is 2.97. The Morgan fingerprint density at radius 1 is 1.28 bits per heavy atom. The summed E-state index contributed by atoms with van der Waals surface area (Å²) in [5.41, 5.74) is 3.14. The summed E-state index contributed by atoms with van der Waals surface area (Å²) in [5.74, 6) is -0.820. The van der Waals surface area contributed by atoms with E-state index in [1.54, 1.807) is 19.1 Å². The second kappa shape index (κ2) is 7.04. The number of nitrogens with one attached hydrogen (secondary N) is 1. The van der Waals surface area contributed by atoms with Crippen molar-refractivity contribution in [1.29, 1.82) is 0 Å². The van der Waals surface area contributed by atoms with E-state index in [0.29, 0.717) is 17.3 Å². The Balaban J connectivity index is 1.66. The Morgan fingerprint density at radius 2 is 2.00 bits per heavy atom. The van der Waals surface area contributed by atoms with Crippen LogP contribution in [0.25, 0.3) is 0 Å². The molecule has 1 aromatic carbocycles. The highest BCUT2D eigenvalue weighted by atomic mass is 79.9. The molecule has 1 aliphatic carbocycles. The first-order valence-electron chi connectivity index (χ1n) is 8.32. The van der Waals surface area contributed by atoms with Gasteiger partial charge in [0.25, 0.3) is 5.91 Å². The average molecular weight is 405 g/mol. The quantitative estimate of drug-likeness (QED) is 0.751. The van der Waals surface area contributed by atoms with Gasteiger partial charge in [0.15, 0.2) is 6.10 Å². The zero-order valence-corrected chi connectivity index (χ0v) is 16.1. The van der Waals surface area contributed by atoms with Gasteiger partial charge in [0, 0.05) is 27.6 Å². The molecule has 1 aliphatic rings. The van der Waals surface area contributed by atoms with Crippen LogP contribution in [-0.4, -0.2) is 22.5 Å². The van der Waals surface area contributed by atoms with Crippen LogP contribution in [0, 0.1) is 13.8 Å². The summed E-state index contributed by atoms with van der Waals surface area (Å²) in [7, 11) is 0. The molecule has 0 aliphatic heterocycles. The second-order valence-corrected chi connectivity index (χ2v) is 7.35. The monoisotopic (exact) mass is 404 g/mol. The molecule has 1 atom stereocenters. The van der Waals surface area contributed by atoms with Gasteiger partial charge >= 0.3 is 5.97 Å². The van der Waals surface area contributed by atoms with Crippen LogP contribution in [-0.2, 0) is 9.53 Å². The molecule has 0 unspecified atom stereocenters. The van der Waals surface area contributed by atoms with Crippen LogP contribution in [0.5, 0.6) is 0 Å². The highest BCUT2D eigenvalue weighted by Gasteiger charge is 2.29. The van der Waals surface area contributed by atoms with E-state index in [1.807, 2.05) is 32.0 Å². The first-order valence-corrected chi connectivity index (χ1v) is 9.12. The fraction of sp³-hybridized carbons (Fsp3) is 0.368. The molecule has 25 heavy (non-hydrogen) atoms. The number of carbonyl (C=O) groups is 2. The van der Waals surface area contributed by atoms with Crippen LogP contribution >= 0.6 is 15.9 Å². The first-order chi connectivity index (χ1) is 11.9. The number of esters is 1. The van der Waals surface area contributed by atoms with E-state index in [1.165, 1.54) is 0 Å². The molecule has 0 radical (unpaired) electrons. The Hall–Kier alpha value is -2.08. The molecule has 3 rings (SSSR count). The predicted molar refractivity (Wildman–Crippen MR) is 99.8 cm³/mol. The van der Waals surface area contributed by atoms with Gasteiger partial charge in [0.1, 0.15) is 0 Å². The second-order valence-electron chi connectivity index (χ2n) is 6.43. The number of halogens is 1. The number of nitrogens with zero attached hydrogens (tertiary/aromatic N) is 1. The van der Waals surface area contributed by atoms with E-state index < -0.39 is 12.1 Å². The number of amides is 1. The number of ether oxygens (including phenoxy) is 1. The van der Waals surface area contributed by atoms with Crippen LogP contribution < -0.4 is 5.32 Å². The zero-order valence-electron chi connectivity index (χ0n) is 14.5. The van der Waals surface area contributed by atoms with Crippen LogP contribution in [0.4, 0.5) is 5.69 Å². The molecule has 5 nitrogen and oxygen atoms in total. The van der Waals surface area contributed by atoms with Gasteiger partial charge in [0.05, 0.1) is 5.56 Å². The van der Waals surface area contributed by atoms with E-state index in [4.69, 9.17) is 4.74 Å². The number of rotatable bonds is 5. The van der Waals surface area contributed by atoms with E-state index in [9.17, 15) is 9.59 Å². The topological polar surface area (TPSA) is 60.3 Å². The molecule has 1 N–H and O–H groups in total. The third kappa shape index (κ3) is 3.95. The maximum atomic E-state index is 12.5. The Morgan fingerprint density at radius 3 is 2.64 bits per heavy atom. The molecule has 0 saturated heterocycles. The third-order valence-electron chi connectivity index (χ3n) is 4.36. The molecule has 1 amide bonds. The molecule has 6 heteroatoms. The molecule has 1 saturated carbocycles. The van der Waals surface area contributed by atoms with Crippen molar-refractivity contribution in [2.75, 3.05) is 5.32 Å². The summed E-state index contributed by atoms with van der Waals surface area (Å²) in [4.78, 5) is 24.7. The van der Waals surface area contributed by atoms with E-state index >= 15 is 0 Å². The Labute approximate surface area is 155 Å². The van der Waals surface area contributed by atoms with Gasteiger partial charge in [-0.25, -0.2) is 4.79 Å². The predicted octanol–water partition coefficient (Wildman–Crippen LogP) is 4.39. The summed E-state index contributed by atoms with van der Waals surface area (Å²) in [6.45, 7) is 5.49. The normalized spacial score (nSPS) is 14.9. The highest BCUT2D eigenvalue weighted by Crippen LogP contribution is 2.38. The van der Waals surface area contributed by atoms with Crippen molar-refractivity contribution in [2.24, 2.45) is 0 Å². The minimum Gasteiger partial charge on any atom is -0.449 e. The van der Waals surface area contributed by atoms with E-state index in [2.05, 4.69) is 25.8 Å². The minimum absolute atomic E-state index is 0.359. The number of aromatic nitrogens is 1. The van der Waals surface area contributed by atoms with Crippen molar-refractivity contribution in [3.05, 3.63) is 51.8 Å². The SMILES string of the molecule is Cc1cc(C(=O)O[C@H](C)C(=O)Nc2cccc(Br)c2)c(C)n1C1CC1. The number of anilines is 1. The molecule has 0 bridgehead atoms. The van der Waals surface area contributed by atoms with Crippen molar-refractivity contribution in [1.82, 2.24) is 4.57 Å². The summed E-state index contributed by atoms with van der Waals surface area (Å²) in [5, 5.41) is 2.75. The number of aryl methyl sites for hydroxylation is 1. The van der Waals surface area contributed by atoms with Crippen molar-refractivity contribution >= 4 is 33.5 Å². The molecule has 0 spiro atoms. The third-order valence-corrected chi connectivity index (χ3v) is 4.85. The van der Waals surface area contributed by atoms with Crippen molar-refractivity contribution in [3.8, 4) is 0 Å². The Bertz CT molecular complexity index is 824. The Kier molecular flexibility index (Phi) is 4.99. The first kappa shape index (κ1) is 17.7. The zero-order chi connectivity index (χ0) is 18.1. The lowest BCUT2D eigenvalue weighted by atomic mass is 10.2. The summed E-state index contributed by atoms with van der Waals surface area (Å²) in [6.07, 6.45) is 1.42. The maximum absolute atomic E-state index is 12.5. The van der Waals surface area contributed by atoms with Crippen LogP contribution in [0.3, 0.4) is 0 Å². The lowest BCUT2D eigenvalue weighted by molar-refractivity contribution is -0.123. The molecule has 1 fully saturated rings. The van der Waals surface area contributed by atoms with Gasteiger partial charge < -0.3 is 14.6 Å². The standard InChI is InChI=1S/C19H21BrN2O3/c1-11-9-17(12(2)22(11)16-7-8-16)19(24)25-13(3)18(23)21-15-6-4-5-14(20)10-15/h4-6,9-10,13,16H,7-8H2,1-3H3,(H,21,23)/t13-/m1/s1. The largest absolute Gasteiger partial charge is 0.449 e. The number of hydrogen-bond donors (Lipinski definition) is 1. The molecule has 2 aromatic rings. The van der Waals surface area contributed by atoms with Crippen molar-refractivity contribution < 1.29 is 14.3 Å². The van der Waals surface area contributed by atoms with Gasteiger partial charge in [-0.2, -0.15) is 0 Å². The number of benzene rings is 1. The molecule has 1 heterocycles. The van der Waals surface area contributed by atoms with E-state index in [0.717, 1.165) is 28.7 Å². The highest BCUT2D eigenvalue weighted by molar-refractivity contribution is 9.10. The molecule has 132 valence electrons. The average Bonchev–Trinajstić information content (AvgIpc) is 3.32. The summed E-state index contributed by atoms with van der Waals surface area (Å²) < 4.78 is 8.42. The maximum Gasteiger partial charge on any atom is 0.340 e. The van der Waals surface area contributed by atoms with Crippen molar-refractivity contribution in [3.63, 3.8) is 0 Å². The number of carbonyl (C=O) groups excluding carboxylic acids is 2. The summed E-state index contributed by atoms with van der Waals surface area (Å²) >= 11 is 3.35. The van der Waals surface area contributed by atoms with Gasteiger partial charge in [-0.05, 0) is 57.9 Å². The molecular formula is C19H21BrN2O3. The van der Waals surface area contributed by atoms with Crippen LogP contribution in [0.2, 0.25) is 0 Å². The summed E-state index contributed by atoms with van der Waals surface area (Å²) in [6, 6.07) is 9.60. The smallest absolute Gasteiger partial charge is 0.340 e. The van der Waals surface area contributed by atoms with Crippen molar-refractivity contribution in [2.45, 2.75) is 45.8 Å². The van der Waals surface area contributed by atoms with Crippen LogP contribution in [0.1, 0.15) is 47.6 Å². The fourth-order valence-corrected chi connectivity index (χ4v) is 3.37. The van der Waals surface area contributed by atoms with Gasteiger partial charge in [0.2, 0.25) is 0 Å². The van der Waals surface area contributed by atoms with E-state index in [-0.39, 0.29) is 5.91 Å². The lowest BCUT2D eigenvalue weighted by Gasteiger charge is -2.14. The van der Waals surface area contributed by atoms with Gasteiger partial charge in [-0.1, -0.05) is 22.0 Å². The minimum atomic E-state index is -0.879. The van der Waals surface area contributed by atoms with Gasteiger partial charge in [-0.3, -0.25) is 4.79 Å².